The van der Waals surface area contributed by atoms with Gasteiger partial charge in [0, 0.05) is 5.92 Å². The van der Waals surface area contributed by atoms with Crippen LogP contribution in [0.25, 0.3) is 0 Å². The van der Waals surface area contributed by atoms with E-state index < -0.39 is 23.6 Å². The average molecular weight is 377 g/mol. The zero-order chi connectivity index (χ0) is 19.0. The Labute approximate surface area is 154 Å². The van der Waals surface area contributed by atoms with E-state index in [1.165, 1.54) is 12.1 Å². The zero-order valence-electron chi connectivity index (χ0n) is 14.3. The number of carbonyl (C=O) groups is 1. The van der Waals surface area contributed by atoms with Crippen molar-refractivity contribution in [2.24, 2.45) is 5.92 Å². The molecule has 3 atom stereocenters. The minimum Gasteiger partial charge on any atom is -0.486 e. The molecular weight excluding hydrogens is 359 g/mol. The van der Waals surface area contributed by atoms with Crippen molar-refractivity contribution in [3.63, 3.8) is 0 Å². The van der Waals surface area contributed by atoms with Gasteiger partial charge in [0.15, 0.2) is 11.5 Å². The first-order valence-corrected chi connectivity index (χ1v) is 8.76. The highest BCUT2D eigenvalue weighted by atomic mass is 19.4. The number of benzene rings is 2. The van der Waals surface area contributed by atoms with E-state index in [9.17, 15) is 18.0 Å². The van der Waals surface area contributed by atoms with Gasteiger partial charge in [-0.25, -0.2) is 0 Å². The van der Waals surface area contributed by atoms with Gasteiger partial charge in [-0.15, -0.1) is 0 Å². The Kier molecular flexibility index (Phi) is 4.45. The highest BCUT2D eigenvalue weighted by molar-refractivity contribution is 5.83. The van der Waals surface area contributed by atoms with Crippen LogP contribution in [-0.2, 0) is 11.0 Å². The molecule has 1 fully saturated rings. The number of carbonyl (C=O) groups excluding carboxylic acids is 1. The normalized spacial score (nSPS) is 23.6. The summed E-state index contributed by atoms with van der Waals surface area (Å²) in [5, 5.41) is 2.78. The molecule has 4 nitrogen and oxygen atoms in total. The lowest BCUT2D eigenvalue weighted by atomic mass is 10.0. The molecule has 0 aromatic heterocycles. The first-order chi connectivity index (χ1) is 12.9. The minimum absolute atomic E-state index is 0.191. The van der Waals surface area contributed by atoms with E-state index in [1.807, 2.05) is 12.1 Å². The number of para-hydroxylation sites is 2. The van der Waals surface area contributed by atoms with Crippen LogP contribution in [0.2, 0.25) is 0 Å². The van der Waals surface area contributed by atoms with Crippen molar-refractivity contribution in [3.05, 3.63) is 59.7 Å². The lowest BCUT2D eigenvalue weighted by molar-refractivity contribution is -0.138. The monoisotopic (exact) mass is 377 g/mol. The van der Waals surface area contributed by atoms with Crippen LogP contribution in [0, 0.1) is 5.92 Å². The number of hydrogen-bond acceptors (Lipinski definition) is 3. The first kappa shape index (κ1) is 17.7. The third kappa shape index (κ3) is 3.72. The van der Waals surface area contributed by atoms with Gasteiger partial charge in [-0.1, -0.05) is 30.3 Å². The van der Waals surface area contributed by atoms with E-state index in [1.54, 1.807) is 18.2 Å². The summed E-state index contributed by atoms with van der Waals surface area (Å²) in [6, 6.07) is 12.7. The molecule has 7 heteroatoms. The van der Waals surface area contributed by atoms with Gasteiger partial charge >= 0.3 is 6.18 Å². The zero-order valence-corrected chi connectivity index (χ0v) is 14.3. The number of alkyl halides is 3. The maximum absolute atomic E-state index is 13.1. The Hall–Kier alpha value is -2.70. The van der Waals surface area contributed by atoms with Crippen LogP contribution in [0.3, 0.4) is 0 Å². The quantitative estimate of drug-likeness (QED) is 0.883. The fourth-order valence-corrected chi connectivity index (χ4v) is 3.42. The van der Waals surface area contributed by atoms with E-state index in [0.29, 0.717) is 24.5 Å². The topological polar surface area (TPSA) is 47.6 Å². The SMILES string of the molecule is O=C(NCC1COc2ccccc2O1)C1CC1c1ccccc1C(F)(F)F. The van der Waals surface area contributed by atoms with E-state index in [4.69, 9.17) is 9.47 Å². The third-order valence-corrected chi connectivity index (χ3v) is 4.86. The molecular formula is C20H18F3NO3. The van der Waals surface area contributed by atoms with Crippen molar-refractivity contribution in [1.29, 1.82) is 0 Å². The molecule has 2 aliphatic rings. The number of hydrogen-bond donors (Lipinski definition) is 1. The van der Waals surface area contributed by atoms with Crippen LogP contribution in [-0.4, -0.2) is 25.2 Å². The van der Waals surface area contributed by atoms with Gasteiger partial charge in [0.05, 0.1) is 12.1 Å². The standard InChI is InChI=1S/C20H18F3NO3/c21-20(22,23)16-6-2-1-5-13(16)14-9-15(14)19(25)24-10-12-11-26-17-7-3-4-8-18(17)27-12/h1-8,12,14-15H,9-11H2,(H,24,25). The highest BCUT2D eigenvalue weighted by Crippen LogP contribution is 2.51. The number of nitrogens with one attached hydrogen (secondary N) is 1. The lowest BCUT2D eigenvalue weighted by Gasteiger charge is -2.26. The molecule has 4 rings (SSSR count). The van der Waals surface area contributed by atoms with Crippen LogP contribution in [0.4, 0.5) is 13.2 Å². The van der Waals surface area contributed by atoms with Crippen LogP contribution >= 0.6 is 0 Å². The molecule has 0 radical (unpaired) electrons. The minimum atomic E-state index is -4.42. The van der Waals surface area contributed by atoms with Gasteiger partial charge < -0.3 is 14.8 Å². The molecule has 2 aromatic rings. The Morgan fingerprint density at radius 3 is 2.56 bits per heavy atom. The van der Waals surface area contributed by atoms with Crippen molar-refractivity contribution in [2.75, 3.05) is 13.2 Å². The molecule has 1 aliphatic carbocycles. The Bertz CT molecular complexity index is 852. The van der Waals surface area contributed by atoms with Gasteiger partial charge in [0.25, 0.3) is 0 Å². The van der Waals surface area contributed by atoms with Gasteiger partial charge in [0.2, 0.25) is 5.91 Å². The first-order valence-electron chi connectivity index (χ1n) is 8.76. The van der Waals surface area contributed by atoms with E-state index in [-0.39, 0.29) is 24.1 Å². The maximum atomic E-state index is 13.1. The van der Waals surface area contributed by atoms with E-state index in [0.717, 1.165) is 6.07 Å². The smallest absolute Gasteiger partial charge is 0.416 e. The summed E-state index contributed by atoms with van der Waals surface area (Å²) in [4.78, 5) is 12.3. The summed E-state index contributed by atoms with van der Waals surface area (Å²) >= 11 is 0. The molecule has 0 spiro atoms. The molecule has 1 saturated carbocycles. The molecule has 1 aliphatic heterocycles. The fraction of sp³-hybridized carbons (Fsp3) is 0.350. The molecule has 0 bridgehead atoms. The molecule has 3 unspecified atom stereocenters. The van der Waals surface area contributed by atoms with Crippen molar-refractivity contribution in [3.8, 4) is 11.5 Å². The molecule has 0 saturated heterocycles. The Morgan fingerprint density at radius 1 is 1.07 bits per heavy atom. The maximum Gasteiger partial charge on any atom is 0.416 e. The van der Waals surface area contributed by atoms with Crippen LogP contribution in [0.5, 0.6) is 11.5 Å². The van der Waals surface area contributed by atoms with Crippen LogP contribution < -0.4 is 14.8 Å². The van der Waals surface area contributed by atoms with Gasteiger partial charge in [-0.3, -0.25) is 4.79 Å². The van der Waals surface area contributed by atoms with Gasteiger partial charge in [-0.2, -0.15) is 13.2 Å². The predicted molar refractivity (Wildman–Crippen MR) is 91.7 cm³/mol. The second-order valence-electron chi connectivity index (χ2n) is 6.78. The number of halogens is 3. The summed E-state index contributed by atoms with van der Waals surface area (Å²) in [5.41, 5.74) is -0.470. The molecule has 1 N–H and O–H groups in total. The number of ether oxygens (including phenoxy) is 2. The van der Waals surface area contributed by atoms with Crippen molar-refractivity contribution in [2.45, 2.75) is 24.6 Å². The third-order valence-electron chi connectivity index (χ3n) is 4.86. The van der Waals surface area contributed by atoms with Gasteiger partial charge in [0.1, 0.15) is 12.7 Å². The molecule has 1 amide bonds. The number of rotatable bonds is 4. The van der Waals surface area contributed by atoms with Crippen LogP contribution in [0.15, 0.2) is 48.5 Å². The number of amides is 1. The Morgan fingerprint density at radius 2 is 1.78 bits per heavy atom. The summed E-state index contributed by atoms with van der Waals surface area (Å²) in [5.74, 6) is 0.189. The second-order valence-corrected chi connectivity index (χ2v) is 6.78. The summed E-state index contributed by atoms with van der Waals surface area (Å²) in [7, 11) is 0. The largest absolute Gasteiger partial charge is 0.486 e. The molecule has 1 heterocycles. The molecule has 142 valence electrons. The van der Waals surface area contributed by atoms with Crippen molar-refractivity contribution in [1.82, 2.24) is 5.32 Å². The Balaban J connectivity index is 1.34. The van der Waals surface area contributed by atoms with E-state index in [2.05, 4.69) is 5.32 Å². The number of fused-ring (bicyclic) bond motifs is 1. The summed E-state index contributed by atoms with van der Waals surface area (Å²) in [6.07, 6.45) is -4.33. The average Bonchev–Trinajstić information content (AvgIpc) is 3.46. The summed E-state index contributed by atoms with van der Waals surface area (Å²) < 4.78 is 50.8. The van der Waals surface area contributed by atoms with Crippen LogP contribution in [0.1, 0.15) is 23.5 Å². The van der Waals surface area contributed by atoms with Crippen molar-refractivity contribution < 1.29 is 27.4 Å². The molecule has 27 heavy (non-hydrogen) atoms. The van der Waals surface area contributed by atoms with E-state index >= 15 is 0 Å². The predicted octanol–water partition coefficient (Wildman–Crippen LogP) is 3.77. The lowest BCUT2D eigenvalue weighted by Crippen LogP contribution is -2.41. The van der Waals surface area contributed by atoms with Crippen molar-refractivity contribution >= 4 is 5.91 Å². The van der Waals surface area contributed by atoms with Gasteiger partial charge in [-0.05, 0) is 36.1 Å². The molecule has 2 aromatic carbocycles. The summed E-state index contributed by atoms with van der Waals surface area (Å²) in [6.45, 7) is 0.555. The second kappa shape index (κ2) is 6.79. The fourth-order valence-electron chi connectivity index (χ4n) is 3.42. The highest BCUT2D eigenvalue weighted by Gasteiger charge is 2.47.